The number of anilines is 1. The third kappa shape index (κ3) is 4.88. The molecule has 156 valence electrons. The predicted octanol–water partition coefficient (Wildman–Crippen LogP) is 3.57. The summed E-state index contributed by atoms with van der Waals surface area (Å²) >= 11 is 7.26. The van der Waals surface area contributed by atoms with Crippen molar-refractivity contribution in [2.24, 2.45) is 0 Å². The Hall–Kier alpha value is -2.71. The number of H-pyrrole nitrogens is 1. The van der Waals surface area contributed by atoms with Crippen LogP contribution in [0.3, 0.4) is 0 Å². The van der Waals surface area contributed by atoms with Crippen LogP contribution in [0.25, 0.3) is 11.4 Å². The van der Waals surface area contributed by atoms with Gasteiger partial charge in [-0.3, -0.25) is 9.89 Å². The number of rotatable bonds is 6. The summed E-state index contributed by atoms with van der Waals surface area (Å²) in [5.74, 6) is 1.93. The van der Waals surface area contributed by atoms with Gasteiger partial charge in [0.25, 0.3) is 0 Å². The quantitative estimate of drug-likeness (QED) is 0.587. The lowest BCUT2D eigenvalue weighted by molar-refractivity contribution is -0.128. The van der Waals surface area contributed by atoms with E-state index in [1.807, 2.05) is 41.3 Å². The van der Waals surface area contributed by atoms with Gasteiger partial charge >= 0.3 is 0 Å². The lowest BCUT2D eigenvalue weighted by Gasteiger charge is -2.36. The SMILES string of the molecule is COc1ccc(N2CCN(C(=O)CSc3n[nH]c(-c4ccc(Cl)cc4)n3)CC2)cc1. The van der Waals surface area contributed by atoms with Crippen LogP contribution < -0.4 is 9.64 Å². The highest BCUT2D eigenvalue weighted by Crippen LogP contribution is 2.23. The van der Waals surface area contributed by atoms with Crippen LogP contribution in [0.5, 0.6) is 5.75 Å². The van der Waals surface area contributed by atoms with Gasteiger partial charge in [-0.05, 0) is 48.5 Å². The van der Waals surface area contributed by atoms with Crippen LogP contribution in [0.4, 0.5) is 5.69 Å². The summed E-state index contributed by atoms with van der Waals surface area (Å²) in [6.45, 7) is 3.03. The Balaban J connectivity index is 1.26. The summed E-state index contributed by atoms with van der Waals surface area (Å²) in [5.41, 5.74) is 2.05. The maximum absolute atomic E-state index is 12.6. The molecule has 1 N–H and O–H groups in total. The van der Waals surface area contributed by atoms with Gasteiger partial charge in [0.15, 0.2) is 5.82 Å². The zero-order valence-electron chi connectivity index (χ0n) is 16.5. The monoisotopic (exact) mass is 443 g/mol. The van der Waals surface area contributed by atoms with E-state index in [-0.39, 0.29) is 5.91 Å². The van der Waals surface area contributed by atoms with Crippen molar-refractivity contribution in [2.45, 2.75) is 5.16 Å². The minimum atomic E-state index is 0.104. The van der Waals surface area contributed by atoms with Crippen LogP contribution in [0.1, 0.15) is 0 Å². The van der Waals surface area contributed by atoms with Crippen LogP contribution >= 0.6 is 23.4 Å². The van der Waals surface area contributed by atoms with Gasteiger partial charge in [0.2, 0.25) is 11.1 Å². The number of ether oxygens (including phenoxy) is 1. The number of thioether (sulfide) groups is 1. The van der Waals surface area contributed by atoms with Crippen LogP contribution in [0, 0.1) is 0 Å². The molecule has 4 rings (SSSR count). The topological polar surface area (TPSA) is 74.3 Å². The van der Waals surface area contributed by atoms with Crippen molar-refractivity contribution in [1.82, 2.24) is 20.1 Å². The highest BCUT2D eigenvalue weighted by Gasteiger charge is 2.22. The van der Waals surface area contributed by atoms with E-state index in [1.165, 1.54) is 11.8 Å². The summed E-state index contributed by atoms with van der Waals surface area (Å²) in [6.07, 6.45) is 0. The molecule has 1 fully saturated rings. The molecule has 0 unspecified atom stereocenters. The van der Waals surface area contributed by atoms with Gasteiger partial charge in [-0.15, -0.1) is 5.10 Å². The second-order valence-electron chi connectivity index (χ2n) is 6.83. The Bertz CT molecular complexity index is 985. The molecule has 0 aliphatic carbocycles. The molecule has 0 atom stereocenters. The molecule has 0 saturated carbocycles. The second-order valence-corrected chi connectivity index (χ2v) is 8.21. The van der Waals surface area contributed by atoms with Gasteiger partial charge in [0.05, 0.1) is 12.9 Å². The van der Waals surface area contributed by atoms with E-state index in [2.05, 4.69) is 20.1 Å². The number of hydrogen-bond donors (Lipinski definition) is 1. The van der Waals surface area contributed by atoms with Gasteiger partial charge in [-0.25, -0.2) is 4.98 Å². The standard InChI is InChI=1S/C21H22ClN5O2S/c1-29-18-8-6-17(7-9-18)26-10-12-27(13-11-26)19(28)14-30-21-23-20(24-25-21)15-2-4-16(22)5-3-15/h2-9H,10-14H2,1H3,(H,23,24,25). The zero-order chi connectivity index (χ0) is 20.9. The van der Waals surface area contributed by atoms with Crippen molar-refractivity contribution in [3.8, 4) is 17.1 Å². The van der Waals surface area contributed by atoms with Crippen LogP contribution in [-0.2, 0) is 4.79 Å². The molecule has 3 aromatic rings. The second kappa shape index (κ2) is 9.40. The van der Waals surface area contributed by atoms with Crippen LogP contribution in [0.15, 0.2) is 53.7 Å². The van der Waals surface area contributed by atoms with Gasteiger partial charge in [-0.2, -0.15) is 0 Å². The number of halogens is 1. The number of amides is 1. The van der Waals surface area contributed by atoms with Gasteiger partial charge < -0.3 is 14.5 Å². The Morgan fingerprint density at radius 1 is 1.10 bits per heavy atom. The Kier molecular flexibility index (Phi) is 6.44. The number of aromatic nitrogens is 3. The number of carbonyl (C=O) groups excluding carboxylic acids is 1. The molecule has 1 saturated heterocycles. The molecule has 1 aliphatic heterocycles. The molecule has 2 heterocycles. The van der Waals surface area contributed by atoms with E-state index in [9.17, 15) is 4.79 Å². The average Bonchev–Trinajstić information content (AvgIpc) is 3.27. The highest BCUT2D eigenvalue weighted by atomic mass is 35.5. The molecule has 0 bridgehead atoms. The van der Waals surface area contributed by atoms with Crippen LogP contribution in [-0.4, -0.2) is 65.0 Å². The minimum Gasteiger partial charge on any atom is -0.497 e. The molecule has 7 nitrogen and oxygen atoms in total. The predicted molar refractivity (Wildman–Crippen MR) is 119 cm³/mol. The Morgan fingerprint density at radius 3 is 2.47 bits per heavy atom. The Morgan fingerprint density at radius 2 is 1.80 bits per heavy atom. The fourth-order valence-electron chi connectivity index (χ4n) is 3.27. The molecule has 2 aromatic carbocycles. The zero-order valence-corrected chi connectivity index (χ0v) is 18.1. The number of aromatic amines is 1. The lowest BCUT2D eigenvalue weighted by Crippen LogP contribution is -2.49. The number of methoxy groups -OCH3 is 1. The largest absolute Gasteiger partial charge is 0.497 e. The molecular weight excluding hydrogens is 422 g/mol. The van der Waals surface area contributed by atoms with E-state index < -0.39 is 0 Å². The number of nitrogens with zero attached hydrogens (tertiary/aromatic N) is 4. The first-order valence-corrected chi connectivity index (χ1v) is 11.0. The van der Waals surface area contributed by atoms with Crippen LogP contribution in [0.2, 0.25) is 5.02 Å². The van der Waals surface area contributed by atoms with Crippen molar-refractivity contribution in [2.75, 3.05) is 43.9 Å². The molecule has 0 spiro atoms. The van der Waals surface area contributed by atoms with E-state index in [4.69, 9.17) is 16.3 Å². The van der Waals surface area contributed by atoms with Crippen molar-refractivity contribution >= 4 is 35.0 Å². The van der Waals surface area contributed by atoms with Crippen molar-refractivity contribution in [3.05, 3.63) is 53.6 Å². The smallest absolute Gasteiger partial charge is 0.233 e. The third-order valence-electron chi connectivity index (χ3n) is 4.98. The highest BCUT2D eigenvalue weighted by molar-refractivity contribution is 7.99. The molecule has 1 aromatic heterocycles. The summed E-state index contributed by atoms with van der Waals surface area (Å²) in [4.78, 5) is 21.2. The maximum Gasteiger partial charge on any atom is 0.233 e. The number of hydrogen-bond acceptors (Lipinski definition) is 6. The lowest BCUT2D eigenvalue weighted by atomic mass is 10.2. The van der Waals surface area contributed by atoms with Crippen molar-refractivity contribution in [1.29, 1.82) is 0 Å². The molecule has 1 aliphatic rings. The third-order valence-corrected chi connectivity index (χ3v) is 6.06. The average molecular weight is 444 g/mol. The fraction of sp³-hybridized carbons (Fsp3) is 0.286. The fourth-order valence-corrected chi connectivity index (χ4v) is 4.10. The van der Waals surface area contributed by atoms with Gasteiger partial charge in [0.1, 0.15) is 5.75 Å². The first kappa shape index (κ1) is 20.6. The molecule has 1 amide bonds. The van der Waals surface area contributed by atoms with E-state index in [1.54, 1.807) is 19.2 Å². The first-order valence-electron chi connectivity index (χ1n) is 9.60. The number of benzene rings is 2. The van der Waals surface area contributed by atoms with E-state index in [0.717, 1.165) is 30.1 Å². The number of piperazine rings is 1. The summed E-state index contributed by atoms with van der Waals surface area (Å²) in [5, 5.41) is 8.35. The molecule has 0 radical (unpaired) electrons. The Labute approximate surface area is 184 Å². The summed E-state index contributed by atoms with van der Waals surface area (Å²) in [7, 11) is 1.66. The number of carbonyl (C=O) groups is 1. The number of nitrogens with one attached hydrogen (secondary N) is 1. The van der Waals surface area contributed by atoms with Crippen molar-refractivity contribution < 1.29 is 9.53 Å². The first-order chi connectivity index (χ1) is 14.6. The summed E-state index contributed by atoms with van der Waals surface area (Å²) in [6, 6.07) is 15.4. The normalized spacial score (nSPS) is 14.1. The van der Waals surface area contributed by atoms with Gasteiger partial charge in [-0.1, -0.05) is 23.4 Å². The molecule has 30 heavy (non-hydrogen) atoms. The van der Waals surface area contributed by atoms with E-state index in [0.29, 0.717) is 34.8 Å². The van der Waals surface area contributed by atoms with Gasteiger partial charge in [0, 0.05) is 42.5 Å². The molecular formula is C21H22ClN5O2S. The van der Waals surface area contributed by atoms with E-state index >= 15 is 0 Å². The summed E-state index contributed by atoms with van der Waals surface area (Å²) < 4.78 is 5.21. The minimum absolute atomic E-state index is 0.104. The molecule has 9 heteroatoms. The van der Waals surface area contributed by atoms with Crippen molar-refractivity contribution in [3.63, 3.8) is 0 Å². The maximum atomic E-state index is 12.6.